The third-order valence-electron chi connectivity index (χ3n) is 13.2. The number of rotatable bonds is 12. The van der Waals surface area contributed by atoms with E-state index in [0.29, 0.717) is 35.5 Å². The number of sulfonamides is 1. The van der Waals surface area contributed by atoms with E-state index >= 15 is 13.2 Å². The van der Waals surface area contributed by atoms with Gasteiger partial charge in [-0.15, -0.1) is 0 Å². The Morgan fingerprint density at radius 1 is 1.00 bits per heavy atom. The van der Waals surface area contributed by atoms with E-state index in [0.717, 1.165) is 35.8 Å². The van der Waals surface area contributed by atoms with Crippen LogP contribution in [0.5, 0.6) is 0 Å². The minimum atomic E-state index is -5.43. The first kappa shape index (κ1) is 38.3. The van der Waals surface area contributed by atoms with Gasteiger partial charge >= 0.3 is 17.9 Å². The van der Waals surface area contributed by atoms with Crippen molar-refractivity contribution in [2.24, 2.45) is 46.3 Å². The van der Waals surface area contributed by atoms with E-state index in [1.54, 1.807) is 11.6 Å². The highest BCUT2D eigenvalue weighted by atomic mass is 32.2. The number of esters is 1. The third-order valence-corrected chi connectivity index (χ3v) is 14.6. The number of nitrogens with one attached hydrogen (secondary N) is 1. The summed E-state index contributed by atoms with van der Waals surface area (Å²) >= 11 is 0. The van der Waals surface area contributed by atoms with Crippen LogP contribution in [0.2, 0.25) is 0 Å². The molecule has 0 heterocycles. The van der Waals surface area contributed by atoms with Gasteiger partial charge in [0.25, 0.3) is 0 Å². The summed E-state index contributed by atoms with van der Waals surface area (Å²) in [6.45, 7) is 14.6. The number of ether oxygens (including phenoxy) is 2. The van der Waals surface area contributed by atoms with Crippen molar-refractivity contribution in [3.63, 3.8) is 0 Å². The number of aryl methyl sites for hydroxylation is 1. The Kier molecular flexibility index (Phi) is 11.1. The predicted octanol–water partition coefficient (Wildman–Crippen LogP) is 9.52. The number of carbonyl (C=O) groups excluding carboxylic acids is 1. The molecule has 0 unspecified atom stereocenters. The van der Waals surface area contributed by atoms with E-state index in [2.05, 4.69) is 40.7 Å². The van der Waals surface area contributed by atoms with Crippen molar-refractivity contribution in [2.75, 3.05) is 6.61 Å². The fourth-order valence-electron chi connectivity index (χ4n) is 10.6. The Morgan fingerprint density at radius 2 is 1.69 bits per heavy atom. The van der Waals surface area contributed by atoms with Crippen molar-refractivity contribution < 1.29 is 35.9 Å². The molecule has 4 aliphatic carbocycles. The summed E-state index contributed by atoms with van der Waals surface area (Å²) in [6, 6.07) is 5.37. The molecule has 3 fully saturated rings. The quantitative estimate of drug-likeness (QED) is 0.133. The predicted molar refractivity (Wildman–Crippen MR) is 185 cm³/mol. The second kappa shape index (κ2) is 14.3. The number of hydrogen-bond donors (Lipinski definition) is 1. The van der Waals surface area contributed by atoms with Gasteiger partial charge in [-0.25, -0.2) is 13.2 Å². The topological polar surface area (TPSA) is 81.7 Å². The van der Waals surface area contributed by atoms with Gasteiger partial charge < -0.3 is 9.47 Å². The average Bonchev–Trinajstić information content (AvgIpc) is 3.37. The third kappa shape index (κ3) is 7.26. The van der Waals surface area contributed by atoms with Gasteiger partial charge in [0, 0.05) is 0 Å². The highest BCUT2D eigenvalue weighted by molar-refractivity contribution is 7.89. The zero-order chi connectivity index (χ0) is 36.0. The molecule has 3 saturated carbocycles. The minimum absolute atomic E-state index is 0.169. The summed E-state index contributed by atoms with van der Waals surface area (Å²) < 4.78 is 84.0. The maximum Gasteiger partial charge on any atom is 0.443 e. The van der Waals surface area contributed by atoms with Gasteiger partial charge in [-0.2, -0.15) is 17.9 Å². The first-order valence-electron chi connectivity index (χ1n) is 18.6. The lowest BCUT2D eigenvalue weighted by molar-refractivity contribution is -0.295. The SMILES string of the molecule is CCOC(=O)[C@](NS(=O)(=O)c1ccc(C)cc1)(O[C@@H]1CC[C@]2(C)C(=CC[C@@H]3[C@H]2CC[C@@]2(C)[C@@H]([C@H](C)CCCC(C)C)CC[C@@H]32)C1)C(F)(F)F. The van der Waals surface area contributed by atoms with E-state index in [1.165, 1.54) is 69.7 Å². The van der Waals surface area contributed by atoms with Crippen LogP contribution in [-0.4, -0.2) is 39.0 Å². The van der Waals surface area contributed by atoms with Crippen LogP contribution in [0.1, 0.15) is 118 Å². The Labute approximate surface area is 292 Å². The van der Waals surface area contributed by atoms with Crippen LogP contribution >= 0.6 is 0 Å². The lowest BCUT2D eigenvalue weighted by Crippen LogP contribution is -2.67. The number of alkyl halides is 3. The molecule has 1 aromatic carbocycles. The second-order valence-electron chi connectivity index (χ2n) is 16.6. The van der Waals surface area contributed by atoms with Gasteiger partial charge in [-0.3, -0.25) is 0 Å². The Hall–Kier alpha value is -1.91. The van der Waals surface area contributed by atoms with Crippen LogP contribution in [0.15, 0.2) is 40.8 Å². The van der Waals surface area contributed by atoms with E-state index in [-0.39, 0.29) is 24.9 Å². The molecule has 1 N–H and O–H groups in total. The molecule has 9 atom stereocenters. The van der Waals surface area contributed by atoms with Crippen molar-refractivity contribution in [2.45, 2.75) is 142 Å². The van der Waals surface area contributed by atoms with Crippen LogP contribution in [0.4, 0.5) is 13.2 Å². The van der Waals surface area contributed by atoms with Crippen LogP contribution in [0.3, 0.4) is 0 Å². The second-order valence-corrected chi connectivity index (χ2v) is 18.3. The molecule has 1 aromatic rings. The van der Waals surface area contributed by atoms with E-state index < -0.39 is 38.9 Å². The number of allylic oxidation sites excluding steroid dienone is 1. The molecule has 0 radical (unpaired) electrons. The van der Waals surface area contributed by atoms with Crippen molar-refractivity contribution in [1.29, 1.82) is 0 Å². The molecule has 0 spiro atoms. The number of benzene rings is 1. The lowest BCUT2D eigenvalue weighted by Gasteiger charge is -2.58. The first-order valence-corrected chi connectivity index (χ1v) is 20.1. The summed E-state index contributed by atoms with van der Waals surface area (Å²) in [6.07, 6.45) is 6.46. The molecular weight excluding hydrogens is 651 g/mol. The molecule has 10 heteroatoms. The van der Waals surface area contributed by atoms with E-state index in [4.69, 9.17) is 9.47 Å². The van der Waals surface area contributed by atoms with E-state index in [1.807, 2.05) is 0 Å². The fourth-order valence-corrected chi connectivity index (χ4v) is 11.8. The zero-order valence-electron chi connectivity index (χ0n) is 30.5. The van der Waals surface area contributed by atoms with Crippen molar-refractivity contribution in [1.82, 2.24) is 4.72 Å². The Morgan fingerprint density at radius 3 is 2.33 bits per heavy atom. The summed E-state index contributed by atoms with van der Waals surface area (Å²) in [5, 5.41) is 0. The van der Waals surface area contributed by atoms with Crippen LogP contribution in [0.25, 0.3) is 0 Å². The van der Waals surface area contributed by atoms with Crippen LogP contribution in [0, 0.1) is 53.3 Å². The summed E-state index contributed by atoms with van der Waals surface area (Å²) in [5.74, 6) is 1.99. The molecule has 49 heavy (non-hydrogen) atoms. The van der Waals surface area contributed by atoms with Gasteiger partial charge in [0.1, 0.15) is 0 Å². The van der Waals surface area contributed by atoms with Gasteiger partial charge in [0.05, 0.1) is 17.6 Å². The summed E-state index contributed by atoms with van der Waals surface area (Å²) in [4.78, 5) is 12.8. The largest absolute Gasteiger partial charge is 0.463 e. The summed E-state index contributed by atoms with van der Waals surface area (Å²) in [5.41, 5.74) is -1.93. The molecule has 0 aliphatic heterocycles. The molecule has 0 bridgehead atoms. The molecular formula is C39H58F3NO5S. The molecule has 276 valence electrons. The van der Waals surface area contributed by atoms with Gasteiger partial charge in [0.15, 0.2) is 0 Å². The zero-order valence-corrected chi connectivity index (χ0v) is 31.3. The minimum Gasteiger partial charge on any atom is -0.463 e. The van der Waals surface area contributed by atoms with Gasteiger partial charge in [-0.05, 0) is 124 Å². The highest BCUT2D eigenvalue weighted by Crippen LogP contribution is 2.67. The molecule has 5 rings (SSSR count). The average molecular weight is 710 g/mol. The number of carbonyl (C=O) groups is 1. The number of hydrogen-bond acceptors (Lipinski definition) is 5. The normalized spacial score (nSPS) is 33.5. The van der Waals surface area contributed by atoms with Crippen molar-refractivity contribution in [3.8, 4) is 0 Å². The lowest BCUT2D eigenvalue weighted by atomic mass is 9.47. The monoisotopic (exact) mass is 709 g/mol. The smallest absolute Gasteiger partial charge is 0.443 e. The van der Waals surface area contributed by atoms with Crippen molar-refractivity contribution >= 4 is 16.0 Å². The van der Waals surface area contributed by atoms with Gasteiger partial charge in [-0.1, -0.05) is 83.2 Å². The van der Waals surface area contributed by atoms with E-state index in [9.17, 15) is 13.2 Å². The molecule has 0 amide bonds. The number of halogens is 3. The van der Waals surface area contributed by atoms with Crippen LogP contribution in [-0.2, 0) is 24.3 Å². The molecule has 6 nitrogen and oxygen atoms in total. The summed E-state index contributed by atoms with van der Waals surface area (Å²) in [7, 11) is -4.83. The van der Waals surface area contributed by atoms with Crippen LogP contribution < -0.4 is 4.72 Å². The van der Waals surface area contributed by atoms with Crippen molar-refractivity contribution in [3.05, 3.63) is 41.5 Å². The van der Waals surface area contributed by atoms with Gasteiger partial charge in [0.2, 0.25) is 10.0 Å². The molecule has 0 aromatic heterocycles. The molecule has 4 aliphatic rings. The Balaban J connectivity index is 1.37. The fraction of sp³-hybridized carbons (Fsp3) is 0.769. The maximum atomic E-state index is 15.0. The number of fused-ring (bicyclic) bond motifs is 5. The highest BCUT2D eigenvalue weighted by Gasteiger charge is 2.67. The maximum absolute atomic E-state index is 15.0. The molecule has 0 saturated heterocycles. The Bertz CT molecular complexity index is 1480. The standard InChI is InChI=1S/C39H58F3NO5S/c1-8-47-35(44)38(39(40,41)42,43-49(45,46)30-15-12-26(4)13-16-30)48-29-20-22-36(6)28(24-29)14-17-31-33-19-18-32(27(5)11-9-10-25(2)3)37(33,7)23-21-34(31)36/h12-16,25,27,29,31-34,43H,8-11,17-24H2,1-7H3/t27-,29-,31+,32-,33+,34-,36-,37+,38+/m1/s1. The first-order chi connectivity index (χ1) is 22.9.